The number of hydrogen-bond acceptors (Lipinski definition) is 3. The highest BCUT2D eigenvalue weighted by molar-refractivity contribution is 5.97. The van der Waals surface area contributed by atoms with Crippen LogP contribution >= 0.6 is 0 Å². The van der Waals surface area contributed by atoms with Crippen LogP contribution in [0.2, 0.25) is 0 Å². The van der Waals surface area contributed by atoms with Crippen molar-refractivity contribution in [2.45, 2.75) is 40.0 Å². The molecule has 0 aromatic heterocycles. The number of rotatable bonds is 8. The molecule has 1 unspecified atom stereocenters. The fourth-order valence-corrected chi connectivity index (χ4v) is 2.86. The molecule has 144 valence electrons. The molecule has 0 heterocycles. The Hall–Kier alpha value is -2.66. The van der Waals surface area contributed by atoms with Gasteiger partial charge in [0.2, 0.25) is 5.91 Å². The van der Waals surface area contributed by atoms with E-state index in [1.54, 1.807) is 13.2 Å². The fraction of sp³-hybridized carbons (Fsp3) is 0.364. The van der Waals surface area contributed by atoms with Crippen LogP contribution in [0.5, 0.6) is 0 Å². The lowest BCUT2D eigenvalue weighted by molar-refractivity contribution is -0.124. The molecule has 2 amide bonds. The minimum Gasteiger partial charge on any atom is -0.380 e. The van der Waals surface area contributed by atoms with Gasteiger partial charge in [0.25, 0.3) is 5.91 Å². The summed E-state index contributed by atoms with van der Waals surface area (Å²) in [5, 5.41) is 5.80. The normalized spacial score (nSPS) is 11.9. The number of carbonyl (C=O) groups is 2. The topological polar surface area (TPSA) is 67.4 Å². The summed E-state index contributed by atoms with van der Waals surface area (Å²) < 4.78 is 5.20. The molecule has 0 aliphatic heterocycles. The number of hydrogen-bond donors (Lipinski definition) is 2. The summed E-state index contributed by atoms with van der Waals surface area (Å²) in [6.07, 6.45) is 0. The van der Waals surface area contributed by atoms with Crippen molar-refractivity contribution in [2.24, 2.45) is 5.92 Å². The number of amides is 2. The van der Waals surface area contributed by atoms with Crippen molar-refractivity contribution in [3.05, 3.63) is 70.8 Å². The van der Waals surface area contributed by atoms with Gasteiger partial charge in [-0.1, -0.05) is 55.8 Å². The number of nitrogens with one attached hydrogen (secondary N) is 2. The maximum absolute atomic E-state index is 12.7. The molecule has 1 atom stereocenters. The van der Waals surface area contributed by atoms with Crippen LogP contribution in [-0.2, 0) is 22.7 Å². The highest BCUT2D eigenvalue weighted by Gasteiger charge is 2.24. The van der Waals surface area contributed by atoms with E-state index in [1.165, 1.54) is 0 Å². The van der Waals surface area contributed by atoms with Crippen LogP contribution < -0.4 is 10.6 Å². The zero-order valence-corrected chi connectivity index (χ0v) is 16.4. The second-order valence-corrected chi connectivity index (χ2v) is 6.98. The number of carbonyl (C=O) groups excluding carboxylic acids is 2. The summed E-state index contributed by atoms with van der Waals surface area (Å²) in [5.41, 5.74) is 3.59. The molecule has 0 saturated carbocycles. The highest BCUT2D eigenvalue weighted by atomic mass is 16.5. The summed E-state index contributed by atoms with van der Waals surface area (Å²) in [6.45, 7) is 6.64. The van der Waals surface area contributed by atoms with Gasteiger partial charge in [0.05, 0.1) is 6.61 Å². The first kappa shape index (κ1) is 20.6. The molecule has 0 saturated heterocycles. The molecular weight excluding hydrogens is 340 g/mol. The smallest absolute Gasteiger partial charge is 0.251 e. The summed E-state index contributed by atoms with van der Waals surface area (Å²) >= 11 is 0. The van der Waals surface area contributed by atoms with E-state index in [9.17, 15) is 9.59 Å². The Labute approximate surface area is 161 Å². The molecule has 5 nitrogen and oxygen atoms in total. The molecule has 2 N–H and O–H groups in total. The van der Waals surface area contributed by atoms with Gasteiger partial charge in [-0.2, -0.15) is 0 Å². The SMILES string of the molecule is COCc1ccccc1CNC(=O)C(NC(=O)c1cccc(C)c1)C(C)C. The Morgan fingerprint density at radius 2 is 1.74 bits per heavy atom. The molecule has 0 radical (unpaired) electrons. The van der Waals surface area contributed by atoms with E-state index < -0.39 is 6.04 Å². The van der Waals surface area contributed by atoms with E-state index in [2.05, 4.69) is 10.6 Å². The van der Waals surface area contributed by atoms with E-state index in [0.29, 0.717) is 18.7 Å². The van der Waals surface area contributed by atoms with Crippen molar-refractivity contribution in [3.63, 3.8) is 0 Å². The van der Waals surface area contributed by atoms with Crippen molar-refractivity contribution >= 4 is 11.8 Å². The first-order chi connectivity index (χ1) is 12.9. The largest absolute Gasteiger partial charge is 0.380 e. The third-order valence-corrected chi connectivity index (χ3v) is 4.39. The Morgan fingerprint density at radius 1 is 1.04 bits per heavy atom. The first-order valence-electron chi connectivity index (χ1n) is 9.13. The van der Waals surface area contributed by atoms with Gasteiger partial charge in [0.15, 0.2) is 0 Å². The summed E-state index contributed by atoms with van der Waals surface area (Å²) in [4.78, 5) is 25.2. The van der Waals surface area contributed by atoms with E-state index in [1.807, 2.05) is 63.2 Å². The third kappa shape index (κ3) is 5.93. The number of aryl methyl sites for hydroxylation is 1. The Morgan fingerprint density at radius 3 is 2.37 bits per heavy atom. The maximum atomic E-state index is 12.7. The predicted octanol–water partition coefficient (Wildman–Crippen LogP) is 3.21. The average Bonchev–Trinajstić information content (AvgIpc) is 2.65. The van der Waals surface area contributed by atoms with Crippen LogP contribution in [0.15, 0.2) is 48.5 Å². The van der Waals surface area contributed by atoms with Crippen molar-refractivity contribution in [1.29, 1.82) is 0 Å². The van der Waals surface area contributed by atoms with Gasteiger partial charge >= 0.3 is 0 Å². The summed E-state index contributed by atoms with van der Waals surface area (Å²) in [7, 11) is 1.64. The summed E-state index contributed by atoms with van der Waals surface area (Å²) in [5.74, 6) is -0.474. The fourth-order valence-electron chi connectivity index (χ4n) is 2.86. The number of benzene rings is 2. The Kier molecular flexibility index (Phi) is 7.55. The van der Waals surface area contributed by atoms with Crippen LogP contribution in [0.4, 0.5) is 0 Å². The van der Waals surface area contributed by atoms with Crippen molar-refractivity contribution in [1.82, 2.24) is 10.6 Å². The molecular formula is C22H28N2O3. The van der Waals surface area contributed by atoms with Crippen LogP contribution in [0.1, 0.15) is 40.9 Å². The lowest BCUT2D eigenvalue weighted by Crippen LogP contribution is -2.49. The molecule has 2 aromatic carbocycles. The standard InChI is InChI=1S/C22H28N2O3/c1-15(2)20(24-21(25)17-11-7-8-16(3)12-17)22(26)23-13-18-9-5-6-10-19(18)14-27-4/h5-12,15,20H,13-14H2,1-4H3,(H,23,26)(H,24,25). The van der Waals surface area contributed by atoms with E-state index in [4.69, 9.17) is 4.74 Å². The van der Waals surface area contributed by atoms with Gasteiger partial charge in [-0.25, -0.2) is 0 Å². The van der Waals surface area contributed by atoms with E-state index >= 15 is 0 Å². The molecule has 27 heavy (non-hydrogen) atoms. The quantitative estimate of drug-likeness (QED) is 0.752. The van der Waals surface area contributed by atoms with Crippen molar-refractivity contribution < 1.29 is 14.3 Å². The lowest BCUT2D eigenvalue weighted by Gasteiger charge is -2.22. The third-order valence-electron chi connectivity index (χ3n) is 4.39. The molecule has 0 spiro atoms. The average molecular weight is 368 g/mol. The molecule has 0 fully saturated rings. The van der Waals surface area contributed by atoms with Crippen LogP contribution in [0.3, 0.4) is 0 Å². The zero-order valence-electron chi connectivity index (χ0n) is 16.4. The predicted molar refractivity (Wildman–Crippen MR) is 106 cm³/mol. The van der Waals surface area contributed by atoms with Gasteiger partial charge in [0.1, 0.15) is 6.04 Å². The minimum absolute atomic E-state index is 0.0343. The van der Waals surface area contributed by atoms with Crippen molar-refractivity contribution in [3.8, 4) is 0 Å². The Bertz CT molecular complexity index is 787. The highest BCUT2D eigenvalue weighted by Crippen LogP contribution is 2.11. The molecule has 2 aromatic rings. The Balaban J connectivity index is 2.04. The van der Waals surface area contributed by atoms with Gasteiger partial charge in [0, 0.05) is 19.2 Å². The number of ether oxygens (including phenoxy) is 1. The van der Waals surface area contributed by atoms with E-state index in [0.717, 1.165) is 16.7 Å². The van der Waals surface area contributed by atoms with Crippen LogP contribution in [0.25, 0.3) is 0 Å². The van der Waals surface area contributed by atoms with E-state index in [-0.39, 0.29) is 17.7 Å². The van der Waals surface area contributed by atoms with Gasteiger partial charge in [-0.15, -0.1) is 0 Å². The van der Waals surface area contributed by atoms with Crippen molar-refractivity contribution in [2.75, 3.05) is 7.11 Å². The molecule has 0 aliphatic rings. The molecule has 0 bridgehead atoms. The second kappa shape index (κ2) is 9.88. The minimum atomic E-state index is -0.604. The zero-order chi connectivity index (χ0) is 19.8. The molecule has 2 rings (SSSR count). The maximum Gasteiger partial charge on any atom is 0.251 e. The monoisotopic (exact) mass is 368 g/mol. The van der Waals surface area contributed by atoms with Crippen LogP contribution in [0, 0.1) is 12.8 Å². The van der Waals surface area contributed by atoms with Gasteiger partial charge in [-0.05, 0) is 36.1 Å². The molecule has 0 aliphatic carbocycles. The van der Waals surface area contributed by atoms with Gasteiger partial charge in [-0.3, -0.25) is 9.59 Å². The lowest BCUT2D eigenvalue weighted by atomic mass is 10.0. The van der Waals surface area contributed by atoms with Crippen LogP contribution in [-0.4, -0.2) is 25.0 Å². The first-order valence-corrected chi connectivity index (χ1v) is 9.13. The molecule has 5 heteroatoms. The second-order valence-electron chi connectivity index (χ2n) is 6.98. The summed E-state index contributed by atoms with van der Waals surface area (Å²) in [6, 6.07) is 14.5. The number of methoxy groups -OCH3 is 1. The van der Waals surface area contributed by atoms with Gasteiger partial charge < -0.3 is 15.4 Å².